The Morgan fingerprint density at radius 1 is 0.415 bits per heavy atom. The summed E-state index contributed by atoms with van der Waals surface area (Å²) in [6.07, 6.45) is 1.90. The van der Waals surface area contributed by atoms with Gasteiger partial charge in [0.05, 0.1) is 38.7 Å². The highest BCUT2D eigenvalue weighted by molar-refractivity contribution is 6.29. The third-order valence-electron chi connectivity index (χ3n) is 10.6. The maximum Gasteiger partial charge on any atom is 0.238 e. The standard InChI is InChI=1S/C46H26N6O/c1-3-15-29-27(12-1)14-11-19-30(29)43-42-33-18-6-10-23-39(33)53-44(42)50-46(49-43)52-36-22-9-5-17-32(36)41-38(52)25-24-37-40(41)31-16-4-8-21-35(31)51(37)45-47-26-28-13-2-7-20-34(28)48-45/h1-26H. The van der Waals surface area contributed by atoms with Gasteiger partial charge >= 0.3 is 0 Å². The lowest BCUT2D eigenvalue weighted by molar-refractivity contribution is 0.651. The van der Waals surface area contributed by atoms with Gasteiger partial charge in [-0.3, -0.25) is 9.13 Å². The van der Waals surface area contributed by atoms with Crippen LogP contribution in [0.4, 0.5) is 0 Å². The van der Waals surface area contributed by atoms with Gasteiger partial charge in [0.2, 0.25) is 17.6 Å². The fourth-order valence-electron chi connectivity index (χ4n) is 8.36. The van der Waals surface area contributed by atoms with Crippen molar-refractivity contribution in [3.63, 3.8) is 0 Å². The predicted octanol–water partition coefficient (Wildman–Crippen LogP) is 11.3. The molecule has 0 spiro atoms. The first kappa shape index (κ1) is 28.3. The van der Waals surface area contributed by atoms with Gasteiger partial charge in [0, 0.05) is 44.1 Å². The van der Waals surface area contributed by atoms with Gasteiger partial charge in [0.15, 0.2) is 0 Å². The first-order chi connectivity index (χ1) is 26.3. The van der Waals surface area contributed by atoms with Gasteiger partial charge < -0.3 is 4.42 Å². The van der Waals surface area contributed by atoms with E-state index in [4.69, 9.17) is 24.4 Å². The first-order valence-corrected chi connectivity index (χ1v) is 17.7. The number of rotatable bonds is 3. The molecule has 0 fully saturated rings. The lowest BCUT2D eigenvalue weighted by Gasteiger charge is -2.11. The number of hydrogen-bond donors (Lipinski definition) is 0. The summed E-state index contributed by atoms with van der Waals surface area (Å²) in [5, 5.41) is 9.65. The number of para-hydroxylation sites is 4. The van der Waals surface area contributed by atoms with E-state index in [0.717, 1.165) is 92.9 Å². The number of furan rings is 1. The molecule has 7 nitrogen and oxygen atoms in total. The summed E-state index contributed by atoms with van der Waals surface area (Å²) < 4.78 is 10.9. The molecule has 0 aliphatic heterocycles. The second-order valence-electron chi connectivity index (χ2n) is 13.5. The first-order valence-electron chi connectivity index (χ1n) is 17.7. The Morgan fingerprint density at radius 2 is 1.02 bits per heavy atom. The van der Waals surface area contributed by atoms with Crippen LogP contribution in [0, 0.1) is 0 Å². The van der Waals surface area contributed by atoms with Crippen LogP contribution >= 0.6 is 0 Å². The minimum absolute atomic E-state index is 0.548. The fourth-order valence-corrected chi connectivity index (χ4v) is 8.36. The van der Waals surface area contributed by atoms with Crippen molar-refractivity contribution < 1.29 is 4.42 Å². The molecule has 12 rings (SSSR count). The Kier molecular flexibility index (Phi) is 5.65. The van der Waals surface area contributed by atoms with Gasteiger partial charge in [-0.1, -0.05) is 115 Å². The van der Waals surface area contributed by atoms with Gasteiger partial charge in [-0.15, -0.1) is 0 Å². The minimum Gasteiger partial charge on any atom is -0.437 e. The molecule has 12 aromatic rings. The Bertz CT molecular complexity index is 3480. The van der Waals surface area contributed by atoms with Crippen molar-refractivity contribution in [2.45, 2.75) is 0 Å². The third kappa shape index (κ3) is 3.93. The van der Waals surface area contributed by atoms with Gasteiger partial charge in [-0.25, -0.2) is 15.0 Å². The maximum atomic E-state index is 6.52. The monoisotopic (exact) mass is 678 g/mol. The van der Waals surface area contributed by atoms with Gasteiger partial charge in [0.1, 0.15) is 5.58 Å². The van der Waals surface area contributed by atoms with E-state index in [2.05, 4.69) is 118 Å². The largest absolute Gasteiger partial charge is 0.437 e. The van der Waals surface area contributed by atoms with Crippen molar-refractivity contribution in [2.24, 2.45) is 0 Å². The second kappa shape index (κ2) is 10.6. The number of benzene rings is 7. The molecular weight excluding hydrogens is 653 g/mol. The van der Waals surface area contributed by atoms with E-state index < -0.39 is 0 Å². The van der Waals surface area contributed by atoms with Crippen LogP contribution in [0.25, 0.3) is 111 Å². The number of hydrogen-bond acceptors (Lipinski definition) is 5. The topological polar surface area (TPSA) is 74.6 Å². The van der Waals surface area contributed by atoms with Gasteiger partial charge in [0.25, 0.3) is 0 Å². The summed E-state index contributed by atoms with van der Waals surface area (Å²) in [5.74, 6) is 1.18. The van der Waals surface area contributed by atoms with Crippen molar-refractivity contribution in [1.29, 1.82) is 0 Å². The summed E-state index contributed by atoms with van der Waals surface area (Å²) in [7, 11) is 0. The SMILES string of the molecule is c1ccc2nc(-n3c4ccccc4c4c5c6ccccc6n(-c6nc(-c7cccc8ccccc78)c7c(n6)oc6ccccc67)c5ccc43)ncc2c1. The average Bonchev–Trinajstić information content (AvgIpc) is 3.87. The fraction of sp³-hybridized carbons (Fsp3) is 0. The van der Waals surface area contributed by atoms with Crippen LogP contribution in [0.15, 0.2) is 162 Å². The van der Waals surface area contributed by atoms with Crippen LogP contribution < -0.4 is 0 Å². The summed E-state index contributed by atoms with van der Waals surface area (Å²) in [6.45, 7) is 0. The molecule has 0 bridgehead atoms. The lowest BCUT2D eigenvalue weighted by atomic mass is 9.99. The molecule has 5 aromatic heterocycles. The molecule has 7 heteroatoms. The minimum atomic E-state index is 0.548. The molecule has 0 atom stereocenters. The summed E-state index contributed by atoms with van der Waals surface area (Å²) in [5.41, 5.74) is 8.19. The van der Waals surface area contributed by atoms with Crippen molar-refractivity contribution in [3.05, 3.63) is 158 Å². The molecule has 0 amide bonds. The summed E-state index contributed by atoms with van der Waals surface area (Å²) in [4.78, 5) is 20.6. The molecule has 7 aromatic carbocycles. The lowest BCUT2D eigenvalue weighted by Crippen LogP contribution is -2.03. The van der Waals surface area contributed by atoms with Crippen LogP contribution in [-0.4, -0.2) is 29.1 Å². The average molecular weight is 679 g/mol. The zero-order valence-corrected chi connectivity index (χ0v) is 28.1. The number of nitrogens with zero attached hydrogens (tertiary/aromatic N) is 6. The van der Waals surface area contributed by atoms with E-state index in [-0.39, 0.29) is 0 Å². The van der Waals surface area contributed by atoms with Crippen molar-refractivity contribution >= 4 is 87.4 Å². The van der Waals surface area contributed by atoms with E-state index >= 15 is 0 Å². The van der Waals surface area contributed by atoms with Crippen LogP contribution in [0.5, 0.6) is 0 Å². The van der Waals surface area contributed by atoms with E-state index in [1.54, 1.807) is 0 Å². The van der Waals surface area contributed by atoms with Gasteiger partial charge in [-0.2, -0.15) is 4.98 Å². The highest BCUT2D eigenvalue weighted by atomic mass is 16.3. The quantitative estimate of drug-likeness (QED) is 0.186. The van der Waals surface area contributed by atoms with E-state index in [0.29, 0.717) is 17.6 Å². The molecule has 53 heavy (non-hydrogen) atoms. The molecule has 0 radical (unpaired) electrons. The molecule has 246 valence electrons. The maximum absolute atomic E-state index is 6.52. The third-order valence-corrected chi connectivity index (χ3v) is 10.6. The second-order valence-corrected chi connectivity index (χ2v) is 13.5. The van der Waals surface area contributed by atoms with Crippen LogP contribution in [0.2, 0.25) is 0 Å². The van der Waals surface area contributed by atoms with E-state index in [1.165, 1.54) is 0 Å². The summed E-state index contributed by atoms with van der Waals surface area (Å²) >= 11 is 0. The Labute approximate surface area is 301 Å². The van der Waals surface area contributed by atoms with Gasteiger partial charge in [-0.05, 0) is 47.2 Å². The highest BCUT2D eigenvalue weighted by Crippen LogP contribution is 2.43. The summed E-state index contributed by atoms with van der Waals surface area (Å²) in [6, 6.07) is 52.4. The molecule has 0 aliphatic rings. The highest BCUT2D eigenvalue weighted by Gasteiger charge is 2.24. The molecule has 5 heterocycles. The smallest absolute Gasteiger partial charge is 0.238 e. The zero-order chi connectivity index (χ0) is 34.6. The Morgan fingerprint density at radius 3 is 1.79 bits per heavy atom. The molecule has 0 unspecified atom stereocenters. The van der Waals surface area contributed by atoms with Crippen molar-refractivity contribution in [3.8, 4) is 23.2 Å². The van der Waals surface area contributed by atoms with Crippen molar-refractivity contribution in [2.75, 3.05) is 0 Å². The normalized spacial score (nSPS) is 12.2. The Hall–Kier alpha value is -7.38. The number of aromatic nitrogens is 6. The van der Waals surface area contributed by atoms with Crippen molar-refractivity contribution in [1.82, 2.24) is 29.1 Å². The number of fused-ring (bicyclic) bond motifs is 12. The molecule has 0 saturated heterocycles. The molecule has 0 saturated carbocycles. The van der Waals surface area contributed by atoms with Crippen LogP contribution in [-0.2, 0) is 0 Å². The zero-order valence-electron chi connectivity index (χ0n) is 28.1. The predicted molar refractivity (Wildman–Crippen MR) is 214 cm³/mol. The molecule has 0 aliphatic carbocycles. The molecule has 0 N–H and O–H groups in total. The van der Waals surface area contributed by atoms with Crippen LogP contribution in [0.3, 0.4) is 0 Å². The van der Waals surface area contributed by atoms with E-state index in [9.17, 15) is 0 Å². The van der Waals surface area contributed by atoms with E-state index in [1.807, 2.05) is 48.7 Å². The molecular formula is C46H26N6O. The van der Waals surface area contributed by atoms with Crippen LogP contribution in [0.1, 0.15) is 0 Å². The Balaban J connectivity index is 1.21.